The molecule has 1 fully saturated rings. The Morgan fingerprint density at radius 2 is 2.00 bits per heavy atom. The van der Waals surface area contributed by atoms with Crippen LogP contribution in [0.3, 0.4) is 0 Å². The Labute approximate surface area is 159 Å². The molecule has 1 aliphatic heterocycles. The van der Waals surface area contributed by atoms with Crippen molar-refractivity contribution in [3.8, 4) is 0 Å². The van der Waals surface area contributed by atoms with Crippen LogP contribution in [0.2, 0.25) is 0 Å². The number of halogens is 3. The summed E-state index contributed by atoms with van der Waals surface area (Å²) in [6.45, 7) is 1.38. The van der Waals surface area contributed by atoms with Crippen LogP contribution < -0.4 is 10.2 Å². The maximum Gasteiger partial charge on any atom is 0.417 e. The second kappa shape index (κ2) is 7.18. The molecule has 8 heteroatoms. The summed E-state index contributed by atoms with van der Waals surface area (Å²) < 4.78 is 39.9. The van der Waals surface area contributed by atoms with Crippen molar-refractivity contribution in [2.45, 2.75) is 25.2 Å². The second-order valence-corrected chi connectivity index (χ2v) is 6.90. The SMILES string of the molecule is O=C(Cn1ccc2ccccc21)N[C@H]1CCN(c2ccc(C(F)(F)F)cn2)C1. The lowest BCUT2D eigenvalue weighted by molar-refractivity contribution is -0.137. The number of nitrogens with one attached hydrogen (secondary N) is 1. The number of carbonyl (C=O) groups excluding carboxylic acids is 1. The average molecular weight is 388 g/mol. The first-order valence-electron chi connectivity index (χ1n) is 9.01. The fourth-order valence-electron chi connectivity index (χ4n) is 3.53. The number of alkyl halides is 3. The number of hydrogen-bond acceptors (Lipinski definition) is 3. The summed E-state index contributed by atoms with van der Waals surface area (Å²) in [7, 11) is 0. The lowest BCUT2D eigenvalue weighted by Crippen LogP contribution is -2.39. The number of anilines is 1. The molecule has 0 spiro atoms. The van der Waals surface area contributed by atoms with Gasteiger partial charge in [0.15, 0.2) is 0 Å². The van der Waals surface area contributed by atoms with Crippen LogP contribution in [-0.2, 0) is 17.5 Å². The first-order chi connectivity index (χ1) is 13.4. The van der Waals surface area contributed by atoms with Gasteiger partial charge in [-0.3, -0.25) is 4.79 Å². The van der Waals surface area contributed by atoms with Crippen molar-refractivity contribution in [3.63, 3.8) is 0 Å². The highest BCUT2D eigenvalue weighted by Crippen LogP contribution is 2.29. The quantitative estimate of drug-likeness (QED) is 0.745. The van der Waals surface area contributed by atoms with Gasteiger partial charge in [-0.1, -0.05) is 18.2 Å². The van der Waals surface area contributed by atoms with E-state index in [2.05, 4.69) is 10.3 Å². The van der Waals surface area contributed by atoms with Crippen molar-refractivity contribution in [3.05, 3.63) is 60.4 Å². The van der Waals surface area contributed by atoms with Gasteiger partial charge in [0, 0.05) is 37.0 Å². The van der Waals surface area contributed by atoms with Crippen molar-refractivity contribution < 1.29 is 18.0 Å². The van der Waals surface area contributed by atoms with E-state index in [4.69, 9.17) is 0 Å². The van der Waals surface area contributed by atoms with E-state index in [0.29, 0.717) is 18.9 Å². The van der Waals surface area contributed by atoms with Gasteiger partial charge in [-0.2, -0.15) is 13.2 Å². The molecule has 3 heterocycles. The Hall–Kier alpha value is -3.03. The van der Waals surface area contributed by atoms with Gasteiger partial charge in [0.05, 0.1) is 5.56 Å². The summed E-state index contributed by atoms with van der Waals surface area (Å²) in [6.07, 6.45) is -0.938. The third-order valence-corrected chi connectivity index (χ3v) is 4.95. The van der Waals surface area contributed by atoms with Crippen LogP contribution in [0.1, 0.15) is 12.0 Å². The van der Waals surface area contributed by atoms with E-state index >= 15 is 0 Å². The van der Waals surface area contributed by atoms with Crippen LogP contribution in [0, 0.1) is 0 Å². The Bertz CT molecular complexity index is 981. The Kier molecular flexibility index (Phi) is 4.70. The molecular formula is C20H19F3N4O. The van der Waals surface area contributed by atoms with Gasteiger partial charge in [-0.15, -0.1) is 0 Å². The van der Waals surface area contributed by atoms with E-state index in [1.807, 2.05) is 46.0 Å². The molecule has 1 aliphatic rings. The fraction of sp³-hybridized carbons (Fsp3) is 0.300. The van der Waals surface area contributed by atoms with Crippen molar-refractivity contribution >= 4 is 22.6 Å². The van der Waals surface area contributed by atoms with E-state index in [1.54, 1.807) is 0 Å². The molecule has 5 nitrogen and oxygen atoms in total. The summed E-state index contributed by atoms with van der Waals surface area (Å²) in [4.78, 5) is 18.2. The van der Waals surface area contributed by atoms with Crippen LogP contribution >= 0.6 is 0 Å². The van der Waals surface area contributed by atoms with E-state index in [1.165, 1.54) is 6.07 Å². The number of pyridine rings is 1. The van der Waals surface area contributed by atoms with Crippen LogP contribution in [0.25, 0.3) is 10.9 Å². The zero-order valence-corrected chi connectivity index (χ0v) is 15.0. The standard InChI is InChI=1S/C20H19F3N4O/c21-20(22,23)15-5-6-18(24-11-15)27-10-8-16(12-27)25-19(28)13-26-9-7-14-3-1-2-4-17(14)26/h1-7,9,11,16H,8,10,12-13H2,(H,25,28)/t16-/m0/s1. The topological polar surface area (TPSA) is 50.2 Å². The summed E-state index contributed by atoms with van der Waals surface area (Å²) >= 11 is 0. The van der Waals surface area contributed by atoms with Gasteiger partial charge in [0.1, 0.15) is 12.4 Å². The van der Waals surface area contributed by atoms with Gasteiger partial charge in [0.25, 0.3) is 0 Å². The zero-order valence-electron chi connectivity index (χ0n) is 15.0. The van der Waals surface area contributed by atoms with Crippen LogP contribution in [0.4, 0.5) is 19.0 Å². The molecule has 0 aliphatic carbocycles. The number of nitrogens with zero attached hydrogens (tertiary/aromatic N) is 3. The first-order valence-corrected chi connectivity index (χ1v) is 9.01. The number of carbonyl (C=O) groups is 1. The third kappa shape index (κ3) is 3.81. The van der Waals surface area contributed by atoms with E-state index in [0.717, 1.165) is 29.6 Å². The predicted octanol–water partition coefficient (Wildman–Crippen LogP) is 3.45. The largest absolute Gasteiger partial charge is 0.417 e. The number of hydrogen-bond donors (Lipinski definition) is 1. The minimum atomic E-state index is -4.39. The predicted molar refractivity (Wildman–Crippen MR) is 99.9 cm³/mol. The van der Waals surface area contributed by atoms with Gasteiger partial charge < -0.3 is 14.8 Å². The van der Waals surface area contributed by atoms with Crippen molar-refractivity contribution in [1.29, 1.82) is 0 Å². The molecule has 1 amide bonds. The van der Waals surface area contributed by atoms with E-state index in [9.17, 15) is 18.0 Å². The lowest BCUT2D eigenvalue weighted by Gasteiger charge is -2.18. The summed E-state index contributed by atoms with van der Waals surface area (Å²) in [5.74, 6) is 0.398. The van der Waals surface area contributed by atoms with E-state index in [-0.39, 0.29) is 18.5 Å². The fourth-order valence-corrected chi connectivity index (χ4v) is 3.53. The van der Waals surface area contributed by atoms with Crippen LogP contribution in [-0.4, -0.2) is 34.6 Å². The lowest BCUT2D eigenvalue weighted by atomic mass is 10.2. The normalized spacial score (nSPS) is 17.2. The Balaban J connectivity index is 1.35. The van der Waals surface area contributed by atoms with Gasteiger partial charge in [0.2, 0.25) is 5.91 Å². The highest BCUT2D eigenvalue weighted by atomic mass is 19.4. The van der Waals surface area contributed by atoms with Gasteiger partial charge in [-0.25, -0.2) is 4.98 Å². The Morgan fingerprint density at radius 1 is 1.18 bits per heavy atom. The number of amides is 1. The molecule has 1 saturated heterocycles. The third-order valence-electron chi connectivity index (χ3n) is 4.95. The molecular weight excluding hydrogens is 369 g/mol. The number of aromatic nitrogens is 2. The minimum absolute atomic E-state index is 0.0570. The molecule has 0 bridgehead atoms. The van der Waals surface area contributed by atoms with Gasteiger partial charge in [-0.05, 0) is 36.1 Å². The van der Waals surface area contributed by atoms with Crippen LogP contribution in [0.15, 0.2) is 54.9 Å². The molecule has 28 heavy (non-hydrogen) atoms. The summed E-state index contributed by atoms with van der Waals surface area (Å²) in [5, 5.41) is 4.09. The van der Waals surface area contributed by atoms with Gasteiger partial charge >= 0.3 is 6.18 Å². The molecule has 3 aromatic rings. The molecule has 0 saturated carbocycles. The smallest absolute Gasteiger partial charge is 0.354 e. The van der Waals surface area contributed by atoms with E-state index < -0.39 is 11.7 Å². The maximum atomic E-state index is 12.7. The number of fused-ring (bicyclic) bond motifs is 1. The summed E-state index contributed by atoms with van der Waals surface area (Å²) in [6, 6.07) is 12.2. The monoisotopic (exact) mass is 388 g/mol. The molecule has 4 rings (SSSR count). The minimum Gasteiger partial charge on any atom is -0.354 e. The molecule has 2 aromatic heterocycles. The number of benzene rings is 1. The molecule has 0 radical (unpaired) electrons. The molecule has 1 atom stereocenters. The molecule has 146 valence electrons. The molecule has 1 N–H and O–H groups in total. The second-order valence-electron chi connectivity index (χ2n) is 6.90. The Morgan fingerprint density at radius 3 is 2.75 bits per heavy atom. The highest BCUT2D eigenvalue weighted by molar-refractivity contribution is 5.83. The van der Waals surface area contributed by atoms with Crippen molar-refractivity contribution in [2.75, 3.05) is 18.0 Å². The zero-order chi connectivity index (χ0) is 19.7. The van der Waals surface area contributed by atoms with Crippen LogP contribution in [0.5, 0.6) is 0 Å². The summed E-state index contributed by atoms with van der Waals surface area (Å²) in [5.41, 5.74) is 0.235. The molecule has 1 aromatic carbocycles. The first kappa shape index (κ1) is 18.3. The number of para-hydroxylation sites is 1. The highest BCUT2D eigenvalue weighted by Gasteiger charge is 2.31. The maximum absolute atomic E-state index is 12.7. The van der Waals surface area contributed by atoms with Crippen molar-refractivity contribution in [2.24, 2.45) is 0 Å². The molecule has 0 unspecified atom stereocenters. The van der Waals surface area contributed by atoms with Crippen molar-refractivity contribution in [1.82, 2.24) is 14.9 Å². The average Bonchev–Trinajstić information content (AvgIpc) is 3.29. The number of rotatable bonds is 4.